The molecule has 0 aliphatic carbocycles. The molecule has 0 unspecified atom stereocenters. The molecule has 0 radical (unpaired) electrons. The zero-order chi connectivity index (χ0) is 14.1. The van der Waals surface area contributed by atoms with Crippen molar-refractivity contribution in [3.05, 3.63) is 41.4 Å². The van der Waals surface area contributed by atoms with Crippen LogP contribution in [0, 0.1) is 0 Å². The Balaban J connectivity index is 1.96. The summed E-state index contributed by atoms with van der Waals surface area (Å²) in [4.78, 5) is 8.62. The number of methoxy groups -OCH3 is 1. The van der Waals surface area contributed by atoms with Gasteiger partial charge in [0.15, 0.2) is 5.16 Å². The van der Waals surface area contributed by atoms with E-state index in [2.05, 4.69) is 9.97 Å². The van der Waals surface area contributed by atoms with Crippen LogP contribution in [-0.4, -0.2) is 17.1 Å². The van der Waals surface area contributed by atoms with Gasteiger partial charge in [0.05, 0.1) is 18.1 Å². The molecule has 0 bridgehead atoms. The van der Waals surface area contributed by atoms with Gasteiger partial charge < -0.3 is 15.5 Å². The summed E-state index contributed by atoms with van der Waals surface area (Å²) < 4.78 is 5.19. The Bertz CT molecular complexity index is 772. The van der Waals surface area contributed by atoms with Crippen molar-refractivity contribution in [1.29, 1.82) is 0 Å². The standard InChI is InChI=1S/C14H12ClN3OS/c1-19-9-3-5-11-12(7-9)18-14(17-11)20-13-6-8(15)2-4-10(13)16/h2-7H,16H2,1H3,(H,17,18). The van der Waals surface area contributed by atoms with Crippen LogP contribution in [0.3, 0.4) is 0 Å². The number of aromatic amines is 1. The van der Waals surface area contributed by atoms with E-state index < -0.39 is 0 Å². The molecule has 0 spiro atoms. The number of benzene rings is 2. The molecule has 0 aliphatic heterocycles. The molecule has 20 heavy (non-hydrogen) atoms. The van der Waals surface area contributed by atoms with E-state index >= 15 is 0 Å². The smallest absolute Gasteiger partial charge is 0.171 e. The highest BCUT2D eigenvalue weighted by molar-refractivity contribution is 7.99. The van der Waals surface area contributed by atoms with Gasteiger partial charge in [-0.3, -0.25) is 0 Å². The van der Waals surface area contributed by atoms with E-state index in [1.165, 1.54) is 11.8 Å². The molecule has 0 fully saturated rings. The number of nitrogens with one attached hydrogen (secondary N) is 1. The quantitative estimate of drug-likeness (QED) is 0.719. The summed E-state index contributed by atoms with van der Waals surface area (Å²) in [5, 5.41) is 1.42. The van der Waals surface area contributed by atoms with Gasteiger partial charge in [0.25, 0.3) is 0 Å². The van der Waals surface area contributed by atoms with Crippen LogP contribution in [0.25, 0.3) is 11.0 Å². The monoisotopic (exact) mass is 305 g/mol. The van der Waals surface area contributed by atoms with Crippen LogP contribution in [-0.2, 0) is 0 Å². The number of H-pyrrole nitrogens is 1. The minimum absolute atomic E-state index is 0.652. The van der Waals surface area contributed by atoms with Gasteiger partial charge >= 0.3 is 0 Å². The van der Waals surface area contributed by atoms with Crippen molar-refractivity contribution in [1.82, 2.24) is 9.97 Å². The van der Waals surface area contributed by atoms with Gasteiger partial charge in [-0.1, -0.05) is 11.6 Å². The number of hydrogen-bond acceptors (Lipinski definition) is 4. The van der Waals surface area contributed by atoms with Gasteiger partial charge in [-0.2, -0.15) is 0 Å². The fourth-order valence-electron chi connectivity index (χ4n) is 1.84. The first kappa shape index (κ1) is 13.1. The van der Waals surface area contributed by atoms with Crippen LogP contribution in [0.2, 0.25) is 5.02 Å². The average Bonchev–Trinajstić information content (AvgIpc) is 2.84. The first-order valence-corrected chi connectivity index (χ1v) is 7.12. The van der Waals surface area contributed by atoms with E-state index in [0.29, 0.717) is 10.7 Å². The van der Waals surface area contributed by atoms with Crippen molar-refractivity contribution in [3.8, 4) is 5.75 Å². The third kappa shape index (κ3) is 2.55. The van der Waals surface area contributed by atoms with Gasteiger partial charge in [-0.05, 0) is 42.1 Å². The molecule has 3 aromatic rings. The van der Waals surface area contributed by atoms with Gasteiger partial charge in [0, 0.05) is 21.7 Å². The van der Waals surface area contributed by atoms with Gasteiger partial charge in [-0.25, -0.2) is 4.98 Å². The summed E-state index contributed by atoms with van der Waals surface area (Å²) in [6.07, 6.45) is 0. The zero-order valence-corrected chi connectivity index (χ0v) is 12.3. The lowest BCUT2D eigenvalue weighted by Crippen LogP contribution is -1.88. The summed E-state index contributed by atoms with van der Waals surface area (Å²) in [6.45, 7) is 0. The maximum atomic E-state index is 5.99. The molecule has 102 valence electrons. The Labute approximate surface area is 125 Å². The summed E-state index contributed by atoms with van der Waals surface area (Å²) in [5.41, 5.74) is 8.42. The highest BCUT2D eigenvalue weighted by atomic mass is 35.5. The lowest BCUT2D eigenvalue weighted by atomic mass is 10.3. The van der Waals surface area contributed by atoms with Gasteiger partial charge in [0.1, 0.15) is 5.75 Å². The number of rotatable bonds is 3. The Morgan fingerprint density at radius 1 is 1.25 bits per heavy atom. The second-order valence-corrected chi connectivity index (χ2v) is 5.68. The Kier molecular flexibility index (Phi) is 3.46. The van der Waals surface area contributed by atoms with Gasteiger partial charge in [0.2, 0.25) is 0 Å². The van der Waals surface area contributed by atoms with E-state index in [-0.39, 0.29) is 0 Å². The maximum absolute atomic E-state index is 5.99. The molecule has 0 saturated heterocycles. The maximum Gasteiger partial charge on any atom is 0.171 e. The number of hydrogen-bond donors (Lipinski definition) is 2. The molecular weight excluding hydrogens is 294 g/mol. The molecular formula is C14H12ClN3OS. The molecule has 3 N–H and O–H groups in total. The molecule has 0 amide bonds. The minimum Gasteiger partial charge on any atom is -0.497 e. The predicted octanol–water partition coefficient (Wildman–Crippen LogP) is 3.96. The van der Waals surface area contributed by atoms with Crippen molar-refractivity contribution in [2.75, 3.05) is 12.8 Å². The molecule has 6 heteroatoms. The largest absolute Gasteiger partial charge is 0.497 e. The van der Waals surface area contributed by atoms with Crippen LogP contribution < -0.4 is 10.5 Å². The van der Waals surface area contributed by atoms with Crippen molar-refractivity contribution in [2.24, 2.45) is 0 Å². The third-order valence-corrected chi connectivity index (χ3v) is 4.04. The first-order valence-electron chi connectivity index (χ1n) is 5.92. The Hall–Kier alpha value is -1.85. The molecule has 3 rings (SSSR count). The van der Waals surface area contributed by atoms with E-state index in [1.807, 2.05) is 24.3 Å². The number of nitrogens with two attached hydrogens (primary N) is 1. The summed E-state index contributed by atoms with van der Waals surface area (Å²) in [5.74, 6) is 0.792. The number of fused-ring (bicyclic) bond motifs is 1. The minimum atomic E-state index is 0.652. The average molecular weight is 306 g/mol. The molecule has 2 aromatic carbocycles. The number of aromatic nitrogens is 2. The van der Waals surface area contributed by atoms with E-state index in [0.717, 1.165) is 26.8 Å². The second kappa shape index (κ2) is 5.26. The second-order valence-electron chi connectivity index (χ2n) is 4.21. The van der Waals surface area contributed by atoms with E-state index in [9.17, 15) is 0 Å². The number of anilines is 1. The summed E-state index contributed by atoms with van der Waals surface area (Å²) in [7, 11) is 1.64. The highest BCUT2D eigenvalue weighted by Gasteiger charge is 2.08. The summed E-state index contributed by atoms with van der Waals surface area (Å²) >= 11 is 7.44. The third-order valence-electron chi connectivity index (χ3n) is 2.85. The Morgan fingerprint density at radius 2 is 2.10 bits per heavy atom. The molecule has 0 aliphatic rings. The number of nitrogens with zero attached hydrogens (tertiary/aromatic N) is 1. The first-order chi connectivity index (χ1) is 9.65. The predicted molar refractivity (Wildman–Crippen MR) is 82.6 cm³/mol. The molecule has 4 nitrogen and oxygen atoms in total. The van der Waals surface area contributed by atoms with Crippen LogP contribution in [0.1, 0.15) is 0 Å². The fraction of sp³-hybridized carbons (Fsp3) is 0.0714. The lowest BCUT2D eigenvalue weighted by Gasteiger charge is -2.03. The number of nitrogen functional groups attached to an aromatic ring is 1. The number of ether oxygens (including phenoxy) is 1. The topological polar surface area (TPSA) is 63.9 Å². The molecule has 1 heterocycles. The normalized spacial score (nSPS) is 10.9. The van der Waals surface area contributed by atoms with Crippen molar-refractivity contribution in [3.63, 3.8) is 0 Å². The van der Waals surface area contributed by atoms with Crippen LogP contribution in [0.5, 0.6) is 5.75 Å². The molecule has 0 atom stereocenters. The van der Waals surface area contributed by atoms with E-state index in [1.54, 1.807) is 19.2 Å². The van der Waals surface area contributed by atoms with Crippen LogP contribution in [0.15, 0.2) is 46.5 Å². The Morgan fingerprint density at radius 3 is 2.90 bits per heavy atom. The van der Waals surface area contributed by atoms with Crippen LogP contribution >= 0.6 is 23.4 Å². The zero-order valence-electron chi connectivity index (χ0n) is 10.7. The number of imidazole rings is 1. The molecule has 0 saturated carbocycles. The lowest BCUT2D eigenvalue weighted by molar-refractivity contribution is 0.415. The highest BCUT2D eigenvalue weighted by Crippen LogP contribution is 2.33. The van der Waals surface area contributed by atoms with E-state index in [4.69, 9.17) is 22.1 Å². The SMILES string of the molecule is COc1ccc2nc(Sc3cc(Cl)ccc3N)[nH]c2c1. The van der Waals surface area contributed by atoms with Crippen molar-refractivity contribution in [2.45, 2.75) is 10.1 Å². The van der Waals surface area contributed by atoms with Crippen molar-refractivity contribution >= 4 is 40.1 Å². The fourth-order valence-corrected chi connectivity index (χ4v) is 2.96. The van der Waals surface area contributed by atoms with Crippen LogP contribution in [0.4, 0.5) is 5.69 Å². The van der Waals surface area contributed by atoms with Crippen molar-refractivity contribution < 1.29 is 4.74 Å². The molecule has 1 aromatic heterocycles. The summed E-state index contributed by atoms with van der Waals surface area (Å²) in [6, 6.07) is 11.1. The number of halogens is 1. The van der Waals surface area contributed by atoms with Gasteiger partial charge in [-0.15, -0.1) is 0 Å².